The Morgan fingerprint density at radius 3 is 2.50 bits per heavy atom. The molecule has 1 aliphatic heterocycles. The van der Waals surface area contributed by atoms with Crippen LogP contribution in [-0.4, -0.2) is 22.9 Å². The van der Waals surface area contributed by atoms with E-state index in [4.69, 9.17) is 4.74 Å². The average Bonchev–Trinajstić information content (AvgIpc) is 2.88. The van der Waals surface area contributed by atoms with Crippen molar-refractivity contribution in [3.8, 4) is 0 Å². The van der Waals surface area contributed by atoms with Gasteiger partial charge in [-0.25, -0.2) is 0 Å². The molecule has 4 atom stereocenters. The molecule has 1 heterocycles. The number of rotatable bonds is 1. The summed E-state index contributed by atoms with van der Waals surface area (Å²) in [5.41, 5.74) is 0.219. The van der Waals surface area contributed by atoms with Crippen molar-refractivity contribution in [1.29, 1.82) is 0 Å². The second kappa shape index (κ2) is 3.02. The van der Waals surface area contributed by atoms with Crippen molar-refractivity contribution in [3.63, 3.8) is 0 Å². The van der Waals surface area contributed by atoms with Gasteiger partial charge in [-0.3, -0.25) is 0 Å². The first-order valence-electron chi connectivity index (χ1n) is 6.72. The van der Waals surface area contributed by atoms with E-state index in [1.165, 1.54) is 32.1 Å². The molecule has 3 rings (SSSR count). The van der Waals surface area contributed by atoms with Crippen molar-refractivity contribution in [2.24, 2.45) is 17.3 Å². The molecule has 0 amide bonds. The minimum atomic E-state index is -0.514. The van der Waals surface area contributed by atoms with E-state index >= 15 is 0 Å². The molecule has 0 bridgehead atoms. The smallest absolute Gasteiger partial charge is 0.0950 e. The van der Waals surface area contributed by atoms with Gasteiger partial charge in [-0.05, 0) is 63.2 Å². The van der Waals surface area contributed by atoms with Crippen LogP contribution in [0.2, 0.25) is 0 Å². The zero-order valence-electron chi connectivity index (χ0n) is 10.8. The quantitative estimate of drug-likeness (QED) is 0.695. The fourth-order valence-corrected chi connectivity index (χ4v) is 4.27. The van der Waals surface area contributed by atoms with Gasteiger partial charge in [0.2, 0.25) is 0 Å². The molecule has 2 saturated carbocycles. The highest BCUT2D eigenvalue weighted by molar-refractivity contribution is 5.13. The lowest BCUT2D eigenvalue weighted by molar-refractivity contribution is -0.0429. The molecule has 1 N–H and O–H groups in total. The molecule has 4 unspecified atom stereocenters. The van der Waals surface area contributed by atoms with Crippen molar-refractivity contribution >= 4 is 0 Å². The summed E-state index contributed by atoms with van der Waals surface area (Å²) < 4.78 is 5.77. The largest absolute Gasteiger partial charge is 0.390 e. The van der Waals surface area contributed by atoms with Crippen LogP contribution in [0.5, 0.6) is 0 Å². The lowest BCUT2D eigenvalue weighted by Gasteiger charge is -2.45. The summed E-state index contributed by atoms with van der Waals surface area (Å²) >= 11 is 0. The van der Waals surface area contributed by atoms with E-state index < -0.39 is 5.60 Å². The molecule has 0 radical (unpaired) electrons. The zero-order chi connectivity index (χ0) is 11.6. The van der Waals surface area contributed by atoms with E-state index in [0.717, 1.165) is 6.61 Å². The van der Waals surface area contributed by atoms with Crippen LogP contribution in [0.1, 0.15) is 52.9 Å². The maximum absolute atomic E-state index is 10.2. The summed E-state index contributed by atoms with van der Waals surface area (Å²) in [5, 5.41) is 10.2. The van der Waals surface area contributed by atoms with Crippen LogP contribution >= 0.6 is 0 Å². The monoisotopic (exact) mass is 224 g/mol. The molecule has 1 spiro atoms. The highest BCUT2D eigenvalue weighted by Crippen LogP contribution is 2.64. The van der Waals surface area contributed by atoms with E-state index in [-0.39, 0.29) is 5.60 Å². The van der Waals surface area contributed by atoms with Gasteiger partial charge in [0, 0.05) is 0 Å². The average molecular weight is 224 g/mol. The fraction of sp³-hybridized carbons (Fsp3) is 1.00. The molecular weight excluding hydrogens is 200 g/mol. The molecule has 2 aliphatic carbocycles. The van der Waals surface area contributed by atoms with E-state index in [9.17, 15) is 5.11 Å². The van der Waals surface area contributed by atoms with Gasteiger partial charge in [-0.2, -0.15) is 0 Å². The van der Waals surface area contributed by atoms with E-state index in [1.807, 2.05) is 13.8 Å². The first-order valence-corrected chi connectivity index (χ1v) is 6.72. The van der Waals surface area contributed by atoms with E-state index in [1.54, 1.807) is 0 Å². The summed E-state index contributed by atoms with van der Waals surface area (Å²) in [6, 6.07) is 0. The van der Waals surface area contributed by atoms with E-state index in [2.05, 4.69) is 6.92 Å². The van der Waals surface area contributed by atoms with Crippen LogP contribution in [0.4, 0.5) is 0 Å². The highest BCUT2D eigenvalue weighted by Gasteiger charge is 2.64. The first kappa shape index (κ1) is 11.0. The number of epoxide rings is 1. The predicted molar refractivity (Wildman–Crippen MR) is 63.2 cm³/mol. The number of aliphatic hydroxyl groups is 1. The Morgan fingerprint density at radius 2 is 1.94 bits per heavy atom. The van der Waals surface area contributed by atoms with Crippen LogP contribution in [0, 0.1) is 17.3 Å². The molecular formula is C14H24O2. The molecule has 2 nitrogen and oxygen atoms in total. The standard InChI is InChI=1S/C14H24O2/c1-12(2,15)10-4-5-13(3)6-7-14(9-16-14)11(13)8-10/h10-11,15H,4-9H2,1-3H3. The maximum Gasteiger partial charge on any atom is 0.0950 e. The van der Waals surface area contributed by atoms with Crippen LogP contribution in [0.25, 0.3) is 0 Å². The number of fused-ring (bicyclic) bond motifs is 2. The Balaban J connectivity index is 1.82. The Bertz CT molecular complexity index is 300. The van der Waals surface area contributed by atoms with Crippen molar-refractivity contribution < 1.29 is 9.84 Å². The van der Waals surface area contributed by atoms with Gasteiger partial charge in [-0.1, -0.05) is 6.92 Å². The minimum Gasteiger partial charge on any atom is -0.390 e. The van der Waals surface area contributed by atoms with Crippen molar-refractivity contribution in [2.45, 2.75) is 64.1 Å². The molecule has 3 aliphatic rings. The molecule has 1 saturated heterocycles. The van der Waals surface area contributed by atoms with Gasteiger partial charge < -0.3 is 9.84 Å². The Kier molecular flexibility index (Phi) is 2.09. The van der Waals surface area contributed by atoms with Gasteiger partial charge in [-0.15, -0.1) is 0 Å². The molecule has 0 aromatic carbocycles. The molecule has 2 heteroatoms. The second-order valence-corrected chi connectivity index (χ2v) is 7.19. The fourth-order valence-electron chi connectivity index (χ4n) is 4.27. The summed E-state index contributed by atoms with van der Waals surface area (Å²) in [5.74, 6) is 1.16. The topological polar surface area (TPSA) is 32.8 Å². The minimum absolute atomic E-state index is 0.235. The van der Waals surface area contributed by atoms with Crippen molar-refractivity contribution in [3.05, 3.63) is 0 Å². The van der Waals surface area contributed by atoms with Crippen LogP contribution in [0.15, 0.2) is 0 Å². The number of hydrogen-bond acceptors (Lipinski definition) is 2. The van der Waals surface area contributed by atoms with Gasteiger partial charge in [0.25, 0.3) is 0 Å². The van der Waals surface area contributed by atoms with Gasteiger partial charge >= 0.3 is 0 Å². The summed E-state index contributed by atoms with van der Waals surface area (Å²) in [7, 11) is 0. The molecule has 16 heavy (non-hydrogen) atoms. The van der Waals surface area contributed by atoms with Crippen LogP contribution in [-0.2, 0) is 4.74 Å². The molecule has 92 valence electrons. The molecule has 0 aromatic rings. The van der Waals surface area contributed by atoms with Crippen LogP contribution < -0.4 is 0 Å². The van der Waals surface area contributed by atoms with Crippen LogP contribution in [0.3, 0.4) is 0 Å². The lowest BCUT2D eigenvalue weighted by atomic mass is 9.61. The summed E-state index contributed by atoms with van der Waals surface area (Å²) in [6.07, 6.45) is 6.22. The number of hydrogen-bond donors (Lipinski definition) is 1. The van der Waals surface area contributed by atoms with Gasteiger partial charge in [0.1, 0.15) is 0 Å². The molecule has 0 aromatic heterocycles. The predicted octanol–water partition coefficient (Wildman–Crippen LogP) is 2.74. The zero-order valence-corrected chi connectivity index (χ0v) is 10.8. The SMILES string of the molecule is CC(C)(O)C1CCC2(C)CCC3(CO3)C2C1. The van der Waals surface area contributed by atoms with Gasteiger partial charge in [0.05, 0.1) is 17.8 Å². The Hall–Kier alpha value is -0.0800. The van der Waals surface area contributed by atoms with Gasteiger partial charge in [0.15, 0.2) is 0 Å². The Labute approximate surface area is 98.4 Å². The van der Waals surface area contributed by atoms with E-state index in [0.29, 0.717) is 17.3 Å². The normalized spacial score (nSPS) is 51.8. The number of ether oxygens (including phenoxy) is 1. The van der Waals surface area contributed by atoms with Crippen molar-refractivity contribution in [1.82, 2.24) is 0 Å². The third-order valence-corrected chi connectivity index (χ3v) is 5.69. The Morgan fingerprint density at radius 1 is 1.25 bits per heavy atom. The van der Waals surface area contributed by atoms with Crippen molar-refractivity contribution in [2.75, 3.05) is 6.61 Å². The first-order chi connectivity index (χ1) is 7.36. The molecule has 3 fully saturated rings. The lowest BCUT2D eigenvalue weighted by Crippen LogP contribution is -2.43. The third kappa shape index (κ3) is 1.46. The summed E-state index contributed by atoms with van der Waals surface area (Å²) in [6.45, 7) is 7.35. The highest BCUT2D eigenvalue weighted by atomic mass is 16.6. The maximum atomic E-state index is 10.2. The summed E-state index contributed by atoms with van der Waals surface area (Å²) in [4.78, 5) is 0. The second-order valence-electron chi connectivity index (χ2n) is 7.19. The third-order valence-electron chi connectivity index (χ3n) is 5.69.